The van der Waals surface area contributed by atoms with Gasteiger partial charge in [0.05, 0.1) is 18.1 Å². The number of carbonyl (C=O) groups is 2. The largest absolute Gasteiger partial charge is 0.496 e. The second-order valence-corrected chi connectivity index (χ2v) is 7.10. The minimum absolute atomic E-state index is 0.0440. The first-order chi connectivity index (χ1) is 10.6. The van der Waals surface area contributed by atoms with E-state index in [0.717, 1.165) is 15.8 Å². The molecule has 0 aliphatic carbocycles. The number of amides is 3. The minimum atomic E-state index is -0.496. The van der Waals surface area contributed by atoms with Crippen LogP contribution in [0.15, 0.2) is 22.7 Å². The molecule has 0 bridgehead atoms. The average Bonchev–Trinajstić information content (AvgIpc) is 2.42. The molecule has 1 aromatic rings. The zero-order valence-electron chi connectivity index (χ0n) is 14.1. The quantitative estimate of drug-likeness (QED) is 0.727. The standard InChI is InChI=1S/C16H24BrN3O3/c1-10(11-6-7-13(23-5)12(17)8-11)18-9-14(21)19-15(22)20-16(2,3)4/h6-8,10,18H,9H2,1-5H3,(H2,19,20,21,22)/t10-/m1/s1. The van der Waals surface area contributed by atoms with Gasteiger partial charge in [-0.05, 0) is 61.3 Å². The molecule has 23 heavy (non-hydrogen) atoms. The first-order valence-corrected chi connectivity index (χ1v) is 8.10. The van der Waals surface area contributed by atoms with Crippen LogP contribution in [-0.2, 0) is 4.79 Å². The van der Waals surface area contributed by atoms with Gasteiger partial charge in [0.15, 0.2) is 0 Å². The molecule has 3 amide bonds. The number of carbonyl (C=O) groups excluding carboxylic acids is 2. The zero-order chi connectivity index (χ0) is 17.6. The van der Waals surface area contributed by atoms with Crippen molar-refractivity contribution in [2.45, 2.75) is 39.3 Å². The highest BCUT2D eigenvalue weighted by molar-refractivity contribution is 9.10. The van der Waals surface area contributed by atoms with E-state index in [0.29, 0.717) is 0 Å². The molecule has 6 nitrogen and oxygen atoms in total. The van der Waals surface area contributed by atoms with Crippen LogP contribution in [0.4, 0.5) is 4.79 Å². The molecule has 1 rings (SSSR count). The topological polar surface area (TPSA) is 79.5 Å². The van der Waals surface area contributed by atoms with Crippen molar-refractivity contribution >= 4 is 27.9 Å². The molecule has 0 heterocycles. The van der Waals surface area contributed by atoms with Gasteiger partial charge < -0.3 is 15.4 Å². The van der Waals surface area contributed by atoms with Crippen molar-refractivity contribution in [1.82, 2.24) is 16.0 Å². The fourth-order valence-corrected chi connectivity index (χ4v) is 2.42. The Bertz CT molecular complexity index is 570. The van der Waals surface area contributed by atoms with Gasteiger partial charge in [-0.25, -0.2) is 4.79 Å². The number of hydrogen-bond donors (Lipinski definition) is 3. The van der Waals surface area contributed by atoms with E-state index in [4.69, 9.17) is 4.74 Å². The highest BCUT2D eigenvalue weighted by Gasteiger charge is 2.16. The van der Waals surface area contributed by atoms with E-state index >= 15 is 0 Å². The van der Waals surface area contributed by atoms with Gasteiger partial charge in [0.2, 0.25) is 5.91 Å². The Morgan fingerprint density at radius 1 is 1.30 bits per heavy atom. The van der Waals surface area contributed by atoms with Crippen molar-refractivity contribution in [2.75, 3.05) is 13.7 Å². The first-order valence-electron chi connectivity index (χ1n) is 7.31. The molecular weight excluding hydrogens is 362 g/mol. The third-order valence-electron chi connectivity index (χ3n) is 2.99. The normalized spacial score (nSPS) is 12.4. The summed E-state index contributed by atoms with van der Waals surface area (Å²) < 4.78 is 6.03. The van der Waals surface area contributed by atoms with Gasteiger partial charge >= 0.3 is 6.03 Å². The second kappa shape index (κ2) is 8.31. The SMILES string of the molecule is COc1ccc([C@@H](C)NCC(=O)NC(=O)NC(C)(C)C)cc1Br. The maximum absolute atomic E-state index is 11.8. The Morgan fingerprint density at radius 2 is 1.96 bits per heavy atom. The summed E-state index contributed by atoms with van der Waals surface area (Å²) in [5.74, 6) is 0.365. The molecule has 0 fully saturated rings. The number of hydrogen-bond acceptors (Lipinski definition) is 4. The number of urea groups is 1. The lowest BCUT2D eigenvalue weighted by Crippen LogP contribution is -2.50. The number of methoxy groups -OCH3 is 1. The van der Waals surface area contributed by atoms with Crippen LogP contribution in [-0.4, -0.2) is 31.1 Å². The summed E-state index contributed by atoms with van der Waals surface area (Å²) in [5.41, 5.74) is 0.616. The monoisotopic (exact) mass is 385 g/mol. The summed E-state index contributed by atoms with van der Waals surface area (Å²) in [5, 5.41) is 8.04. The molecule has 3 N–H and O–H groups in total. The number of ether oxygens (including phenoxy) is 1. The molecule has 0 radical (unpaired) electrons. The van der Waals surface area contributed by atoms with E-state index in [1.807, 2.05) is 45.9 Å². The molecule has 1 atom stereocenters. The zero-order valence-corrected chi connectivity index (χ0v) is 15.7. The van der Waals surface area contributed by atoms with Crippen molar-refractivity contribution in [3.8, 4) is 5.75 Å². The molecule has 128 valence electrons. The fourth-order valence-electron chi connectivity index (χ4n) is 1.86. The molecule has 0 saturated carbocycles. The van der Waals surface area contributed by atoms with Gasteiger partial charge in [-0.3, -0.25) is 10.1 Å². The molecule has 1 aromatic carbocycles. The predicted octanol–water partition coefficient (Wildman–Crippen LogP) is 2.73. The molecule has 0 saturated heterocycles. The van der Waals surface area contributed by atoms with Crippen LogP contribution in [0.2, 0.25) is 0 Å². The van der Waals surface area contributed by atoms with Gasteiger partial charge in [-0.15, -0.1) is 0 Å². The van der Waals surface area contributed by atoms with E-state index in [9.17, 15) is 9.59 Å². The average molecular weight is 386 g/mol. The van der Waals surface area contributed by atoms with Crippen molar-refractivity contribution in [3.63, 3.8) is 0 Å². The van der Waals surface area contributed by atoms with Crippen molar-refractivity contribution in [2.24, 2.45) is 0 Å². The molecule has 0 unspecified atom stereocenters. The van der Waals surface area contributed by atoms with Gasteiger partial charge in [0.1, 0.15) is 5.75 Å². The Balaban J connectivity index is 2.49. The molecular formula is C16H24BrN3O3. The summed E-state index contributed by atoms with van der Waals surface area (Å²) in [7, 11) is 1.61. The van der Waals surface area contributed by atoms with Crippen LogP contribution in [0.1, 0.15) is 39.3 Å². The Labute approximate surface area is 145 Å². The van der Waals surface area contributed by atoms with E-state index < -0.39 is 6.03 Å². The number of rotatable bonds is 5. The van der Waals surface area contributed by atoms with Gasteiger partial charge in [0, 0.05) is 11.6 Å². The summed E-state index contributed by atoms with van der Waals surface area (Å²) in [6.07, 6.45) is 0. The van der Waals surface area contributed by atoms with Crippen LogP contribution in [0, 0.1) is 0 Å². The smallest absolute Gasteiger partial charge is 0.321 e. The maximum Gasteiger partial charge on any atom is 0.321 e. The summed E-state index contributed by atoms with van der Waals surface area (Å²) in [6, 6.07) is 5.17. The highest BCUT2D eigenvalue weighted by atomic mass is 79.9. The Kier molecular flexibility index (Phi) is 7.02. The molecule has 0 spiro atoms. The Hall–Kier alpha value is -1.60. The minimum Gasteiger partial charge on any atom is -0.496 e. The first kappa shape index (κ1) is 19.4. The second-order valence-electron chi connectivity index (χ2n) is 6.25. The Morgan fingerprint density at radius 3 is 2.48 bits per heavy atom. The lowest BCUT2D eigenvalue weighted by atomic mass is 10.1. The number of nitrogens with one attached hydrogen (secondary N) is 3. The van der Waals surface area contributed by atoms with Crippen LogP contribution in [0.5, 0.6) is 5.75 Å². The lowest BCUT2D eigenvalue weighted by molar-refractivity contribution is -0.119. The summed E-state index contributed by atoms with van der Waals surface area (Å²) >= 11 is 3.43. The van der Waals surface area contributed by atoms with E-state index in [1.54, 1.807) is 7.11 Å². The predicted molar refractivity (Wildman–Crippen MR) is 93.5 cm³/mol. The van der Waals surface area contributed by atoms with Crippen LogP contribution in [0.25, 0.3) is 0 Å². The highest BCUT2D eigenvalue weighted by Crippen LogP contribution is 2.27. The van der Waals surface area contributed by atoms with Crippen molar-refractivity contribution in [1.29, 1.82) is 0 Å². The third kappa shape index (κ3) is 7.00. The fraction of sp³-hybridized carbons (Fsp3) is 0.500. The number of benzene rings is 1. The van der Waals surface area contributed by atoms with Gasteiger partial charge in [-0.2, -0.15) is 0 Å². The molecule has 0 aromatic heterocycles. The summed E-state index contributed by atoms with van der Waals surface area (Å²) in [4.78, 5) is 23.4. The van der Waals surface area contributed by atoms with Crippen LogP contribution in [0.3, 0.4) is 0 Å². The van der Waals surface area contributed by atoms with E-state index in [2.05, 4.69) is 31.9 Å². The van der Waals surface area contributed by atoms with Crippen LogP contribution >= 0.6 is 15.9 Å². The lowest BCUT2D eigenvalue weighted by Gasteiger charge is -2.20. The molecule has 0 aliphatic heterocycles. The molecule has 0 aliphatic rings. The summed E-state index contributed by atoms with van der Waals surface area (Å²) in [6.45, 7) is 7.52. The van der Waals surface area contributed by atoms with Crippen LogP contribution < -0.4 is 20.7 Å². The van der Waals surface area contributed by atoms with Gasteiger partial charge in [-0.1, -0.05) is 6.07 Å². The third-order valence-corrected chi connectivity index (χ3v) is 3.61. The van der Waals surface area contributed by atoms with Crippen molar-refractivity contribution in [3.05, 3.63) is 28.2 Å². The van der Waals surface area contributed by atoms with Crippen molar-refractivity contribution < 1.29 is 14.3 Å². The molecule has 7 heteroatoms. The number of imide groups is 1. The number of halogens is 1. The van der Waals surface area contributed by atoms with Gasteiger partial charge in [0.25, 0.3) is 0 Å². The van der Waals surface area contributed by atoms with E-state index in [1.165, 1.54) is 0 Å². The van der Waals surface area contributed by atoms with E-state index in [-0.39, 0.29) is 24.0 Å². The maximum atomic E-state index is 11.8.